The molecule has 4 aliphatic rings. The van der Waals surface area contributed by atoms with E-state index < -0.39 is 0 Å². The minimum absolute atomic E-state index is 0.232. The lowest BCUT2D eigenvalue weighted by molar-refractivity contribution is -0.189. The highest BCUT2D eigenvalue weighted by Gasteiger charge is 2.63. The van der Waals surface area contributed by atoms with Crippen LogP contribution < -0.4 is 0 Å². The monoisotopic (exact) mass is 334 g/mol. The maximum Gasteiger partial charge on any atom is 0.0655 e. The van der Waals surface area contributed by atoms with E-state index in [-0.39, 0.29) is 5.41 Å². The Morgan fingerprint density at radius 3 is 2.25 bits per heavy atom. The van der Waals surface area contributed by atoms with Gasteiger partial charge in [-0.3, -0.25) is 0 Å². The topological polar surface area (TPSA) is 18.5 Å². The number of ether oxygens (including phenoxy) is 2. The molecule has 2 nitrogen and oxygen atoms in total. The van der Waals surface area contributed by atoms with Gasteiger partial charge in [-0.2, -0.15) is 0 Å². The minimum atomic E-state index is 0.232. The molecule has 0 spiro atoms. The van der Waals surface area contributed by atoms with Gasteiger partial charge in [-0.1, -0.05) is 27.2 Å². The fourth-order valence-electron chi connectivity index (χ4n) is 8.10. The Labute approximate surface area is 149 Å². The molecule has 0 saturated heterocycles. The molecule has 4 rings (SSSR count). The van der Waals surface area contributed by atoms with E-state index >= 15 is 0 Å². The minimum Gasteiger partial charge on any atom is -0.381 e. The zero-order chi connectivity index (χ0) is 17.1. The van der Waals surface area contributed by atoms with Crippen molar-refractivity contribution in [3.63, 3.8) is 0 Å². The highest BCUT2D eigenvalue weighted by atomic mass is 16.5. The van der Waals surface area contributed by atoms with Gasteiger partial charge in [0.15, 0.2) is 0 Å². The predicted molar refractivity (Wildman–Crippen MR) is 97.9 cm³/mol. The van der Waals surface area contributed by atoms with E-state index in [1.165, 1.54) is 51.4 Å². The van der Waals surface area contributed by atoms with Gasteiger partial charge in [0, 0.05) is 19.6 Å². The first kappa shape index (κ1) is 17.3. The Morgan fingerprint density at radius 1 is 0.792 bits per heavy atom. The summed E-state index contributed by atoms with van der Waals surface area (Å²) in [6.07, 6.45) is 11.9. The number of rotatable bonds is 2. The summed E-state index contributed by atoms with van der Waals surface area (Å²) < 4.78 is 12.1. The maximum atomic E-state index is 6.16. The van der Waals surface area contributed by atoms with Gasteiger partial charge >= 0.3 is 0 Å². The van der Waals surface area contributed by atoms with Gasteiger partial charge in [-0.15, -0.1) is 0 Å². The van der Waals surface area contributed by atoms with Crippen LogP contribution >= 0.6 is 0 Å². The number of methoxy groups -OCH3 is 2. The van der Waals surface area contributed by atoms with Crippen LogP contribution in [0.15, 0.2) is 0 Å². The second kappa shape index (κ2) is 5.98. The first-order valence-corrected chi connectivity index (χ1v) is 10.5. The normalized spacial score (nSPS) is 57.1. The molecule has 4 aliphatic carbocycles. The Hall–Kier alpha value is -0.0800. The molecule has 0 aliphatic heterocycles. The van der Waals surface area contributed by atoms with Crippen molar-refractivity contribution < 1.29 is 9.47 Å². The van der Waals surface area contributed by atoms with E-state index in [4.69, 9.17) is 9.47 Å². The molecule has 0 heterocycles. The first-order valence-electron chi connectivity index (χ1n) is 10.5. The van der Waals surface area contributed by atoms with E-state index in [9.17, 15) is 0 Å². The molecular formula is C22H38O2. The van der Waals surface area contributed by atoms with Crippen molar-refractivity contribution in [1.82, 2.24) is 0 Å². The fourth-order valence-corrected chi connectivity index (χ4v) is 8.10. The summed E-state index contributed by atoms with van der Waals surface area (Å²) in [5.41, 5.74) is 0.800. The van der Waals surface area contributed by atoms with Crippen LogP contribution in [0.3, 0.4) is 0 Å². The lowest BCUT2D eigenvalue weighted by Crippen LogP contribution is -2.59. The molecule has 0 aromatic heterocycles. The second-order valence-corrected chi connectivity index (χ2v) is 10.2. The molecule has 2 heteroatoms. The zero-order valence-electron chi connectivity index (χ0n) is 16.5. The maximum absolute atomic E-state index is 6.16. The van der Waals surface area contributed by atoms with Crippen LogP contribution in [-0.2, 0) is 9.47 Å². The highest BCUT2D eigenvalue weighted by molar-refractivity contribution is 5.12. The SMILES string of the molecule is CO[C@H]1CC[C@H]2[C@@H]3CC[C@H]4C[C@@H](C)CC[C@]4(C)[C@H]3C[C@@H](OC)[C@]12C. The number of hydrogen-bond acceptors (Lipinski definition) is 2. The summed E-state index contributed by atoms with van der Waals surface area (Å²) >= 11 is 0. The van der Waals surface area contributed by atoms with Crippen molar-refractivity contribution in [2.75, 3.05) is 14.2 Å². The summed E-state index contributed by atoms with van der Waals surface area (Å²) in [5.74, 6) is 4.50. The van der Waals surface area contributed by atoms with Crippen LogP contribution in [0.25, 0.3) is 0 Å². The van der Waals surface area contributed by atoms with Crippen molar-refractivity contribution in [3.8, 4) is 0 Å². The zero-order valence-corrected chi connectivity index (χ0v) is 16.5. The largest absolute Gasteiger partial charge is 0.381 e. The Balaban J connectivity index is 1.67. The summed E-state index contributed by atoms with van der Waals surface area (Å²) in [6.45, 7) is 7.61. The van der Waals surface area contributed by atoms with Crippen molar-refractivity contribution in [1.29, 1.82) is 0 Å². The molecule has 0 radical (unpaired) electrons. The third-order valence-electron chi connectivity index (χ3n) is 9.49. The standard InChI is InChI=1S/C22H38O2/c1-14-10-11-21(2)15(12-14)6-7-16-17-8-9-19(23-4)22(17,3)20(24-5)13-18(16)21/h14-20H,6-13H2,1-5H3/t14-,15-,16-,17-,18-,19-,20+,21-,22-/m0/s1. The summed E-state index contributed by atoms with van der Waals surface area (Å²) in [7, 11) is 3.86. The van der Waals surface area contributed by atoms with Crippen LogP contribution in [0, 0.1) is 40.4 Å². The molecule has 138 valence electrons. The molecule has 4 fully saturated rings. The molecule has 0 unspecified atom stereocenters. The van der Waals surface area contributed by atoms with E-state index in [2.05, 4.69) is 20.8 Å². The van der Waals surface area contributed by atoms with Crippen molar-refractivity contribution in [2.24, 2.45) is 40.4 Å². The predicted octanol–water partition coefficient (Wildman–Crippen LogP) is 5.31. The van der Waals surface area contributed by atoms with Crippen LogP contribution in [0.1, 0.15) is 72.1 Å². The third-order valence-corrected chi connectivity index (χ3v) is 9.49. The molecule has 4 saturated carbocycles. The van der Waals surface area contributed by atoms with E-state index in [0.717, 1.165) is 29.6 Å². The fraction of sp³-hybridized carbons (Fsp3) is 1.00. The van der Waals surface area contributed by atoms with Crippen LogP contribution in [0.2, 0.25) is 0 Å². The van der Waals surface area contributed by atoms with Gasteiger partial charge in [-0.25, -0.2) is 0 Å². The molecule has 0 N–H and O–H groups in total. The van der Waals surface area contributed by atoms with Crippen molar-refractivity contribution >= 4 is 0 Å². The first-order chi connectivity index (χ1) is 11.4. The number of hydrogen-bond donors (Lipinski definition) is 0. The summed E-state index contributed by atoms with van der Waals surface area (Å²) in [4.78, 5) is 0. The van der Waals surface area contributed by atoms with Crippen LogP contribution in [0.5, 0.6) is 0 Å². The number of fused-ring (bicyclic) bond motifs is 5. The van der Waals surface area contributed by atoms with Crippen molar-refractivity contribution in [3.05, 3.63) is 0 Å². The van der Waals surface area contributed by atoms with E-state index in [1.807, 2.05) is 14.2 Å². The van der Waals surface area contributed by atoms with Gasteiger partial charge in [0.1, 0.15) is 0 Å². The van der Waals surface area contributed by atoms with Gasteiger partial charge in [0.2, 0.25) is 0 Å². The smallest absolute Gasteiger partial charge is 0.0655 e. The second-order valence-electron chi connectivity index (χ2n) is 10.2. The molecule has 0 amide bonds. The highest BCUT2D eigenvalue weighted by Crippen LogP contribution is 2.67. The average molecular weight is 335 g/mol. The summed E-state index contributed by atoms with van der Waals surface area (Å²) in [6, 6.07) is 0. The molecular weight excluding hydrogens is 296 g/mol. The molecule has 9 atom stereocenters. The lowest BCUT2D eigenvalue weighted by Gasteiger charge is -2.62. The summed E-state index contributed by atoms with van der Waals surface area (Å²) in [5, 5.41) is 0. The van der Waals surface area contributed by atoms with Crippen molar-refractivity contribution in [2.45, 2.75) is 84.3 Å². The molecule has 24 heavy (non-hydrogen) atoms. The van der Waals surface area contributed by atoms with E-state index in [1.54, 1.807) is 0 Å². The Bertz CT molecular complexity index is 477. The Morgan fingerprint density at radius 2 is 1.54 bits per heavy atom. The quantitative estimate of drug-likeness (QED) is 0.682. The molecule has 0 aromatic rings. The average Bonchev–Trinajstić information content (AvgIpc) is 2.92. The van der Waals surface area contributed by atoms with Gasteiger partial charge < -0.3 is 9.47 Å². The van der Waals surface area contributed by atoms with E-state index in [0.29, 0.717) is 17.6 Å². The van der Waals surface area contributed by atoms with Gasteiger partial charge in [-0.05, 0) is 80.0 Å². The molecule has 0 aromatic carbocycles. The van der Waals surface area contributed by atoms with Crippen LogP contribution in [-0.4, -0.2) is 26.4 Å². The molecule has 0 bridgehead atoms. The van der Waals surface area contributed by atoms with Gasteiger partial charge in [0.25, 0.3) is 0 Å². The lowest BCUT2D eigenvalue weighted by atomic mass is 9.44. The van der Waals surface area contributed by atoms with Crippen LogP contribution in [0.4, 0.5) is 0 Å². The van der Waals surface area contributed by atoms with Gasteiger partial charge in [0.05, 0.1) is 12.2 Å². The Kier molecular flexibility index (Phi) is 4.32. The third kappa shape index (κ3) is 2.21.